The van der Waals surface area contributed by atoms with E-state index in [4.69, 9.17) is 14.9 Å². The molecular weight excluding hydrogens is 272 g/mol. The molecule has 0 saturated carbocycles. The van der Waals surface area contributed by atoms with Crippen LogP contribution in [0.15, 0.2) is 24.3 Å². The molecule has 0 saturated heterocycles. The third-order valence-electron chi connectivity index (χ3n) is 2.50. The van der Waals surface area contributed by atoms with E-state index in [-0.39, 0.29) is 18.1 Å². The highest BCUT2D eigenvalue weighted by Gasteiger charge is 2.06. The van der Waals surface area contributed by atoms with E-state index in [1.54, 1.807) is 0 Å². The van der Waals surface area contributed by atoms with Gasteiger partial charge in [0.1, 0.15) is 0 Å². The van der Waals surface area contributed by atoms with Crippen LogP contribution in [0.2, 0.25) is 0 Å². The predicted octanol–water partition coefficient (Wildman–Crippen LogP) is 3.09. The number of aliphatic carboxylic acids is 1. The highest BCUT2D eigenvalue weighted by Crippen LogP contribution is 2.06. The number of carbonyl (C=O) groups is 2. The van der Waals surface area contributed by atoms with Crippen LogP contribution in [0.1, 0.15) is 52.4 Å². The molecule has 0 spiro atoms. The number of rotatable bonds is 10. The largest absolute Gasteiger partial charge is 0.478 e. The van der Waals surface area contributed by atoms with E-state index in [0.717, 1.165) is 25.7 Å². The monoisotopic (exact) mass is 300 g/mol. The molecule has 5 nitrogen and oxygen atoms in total. The SMILES string of the molecule is C=C(CCCC)C(=O)OCCC.C=C(CCCO)C(=O)O. The molecule has 0 atom stereocenters. The second-order valence-electron chi connectivity index (χ2n) is 4.58. The topological polar surface area (TPSA) is 83.8 Å². The lowest BCUT2D eigenvalue weighted by atomic mass is 10.1. The summed E-state index contributed by atoms with van der Waals surface area (Å²) in [5.74, 6) is -1.21. The Balaban J connectivity index is 0. The van der Waals surface area contributed by atoms with Gasteiger partial charge in [-0.05, 0) is 32.1 Å². The van der Waals surface area contributed by atoms with Crippen molar-refractivity contribution in [3.05, 3.63) is 24.3 Å². The molecule has 122 valence electrons. The summed E-state index contributed by atoms with van der Waals surface area (Å²) in [5, 5.41) is 16.5. The lowest BCUT2D eigenvalue weighted by Gasteiger charge is -2.04. The van der Waals surface area contributed by atoms with Crippen LogP contribution in [-0.2, 0) is 14.3 Å². The van der Waals surface area contributed by atoms with E-state index in [1.807, 2.05) is 6.92 Å². The first-order valence-electron chi connectivity index (χ1n) is 7.27. The number of carboxylic acid groups (broad SMARTS) is 1. The van der Waals surface area contributed by atoms with Crippen molar-refractivity contribution in [2.75, 3.05) is 13.2 Å². The van der Waals surface area contributed by atoms with Crippen molar-refractivity contribution in [1.82, 2.24) is 0 Å². The Kier molecular flexibility index (Phi) is 15.3. The van der Waals surface area contributed by atoms with Crippen LogP contribution in [0, 0.1) is 0 Å². The average molecular weight is 300 g/mol. The zero-order valence-electron chi connectivity index (χ0n) is 13.2. The van der Waals surface area contributed by atoms with Crippen LogP contribution in [0.4, 0.5) is 0 Å². The number of hydrogen-bond acceptors (Lipinski definition) is 4. The maximum Gasteiger partial charge on any atom is 0.333 e. The van der Waals surface area contributed by atoms with Crippen LogP contribution >= 0.6 is 0 Å². The minimum atomic E-state index is -0.983. The van der Waals surface area contributed by atoms with Crippen molar-refractivity contribution < 1.29 is 24.5 Å². The maximum atomic E-state index is 11.1. The van der Waals surface area contributed by atoms with Crippen molar-refractivity contribution in [3.63, 3.8) is 0 Å². The maximum absolute atomic E-state index is 11.1. The summed E-state index contributed by atoms with van der Waals surface area (Å²) in [6.45, 7) is 11.5. The van der Waals surface area contributed by atoms with E-state index < -0.39 is 5.97 Å². The van der Waals surface area contributed by atoms with Gasteiger partial charge in [-0.3, -0.25) is 0 Å². The third-order valence-corrected chi connectivity index (χ3v) is 2.50. The fourth-order valence-electron chi connectivity index (χ4n) is 1.19. The number of aliphatic hydroxyl groups excluding tert-OH is 1. The molecule has 0 radical (unpaired) electrons. The summed E-state index contributed by atoms with van der Waals surface area (Å²) in [6.07, 6.45) is 4.57. The van der Waals surface area contributed by atoms with Gasteiger partial charge in [0.15, 0.2) is 0 Å². The number of carboxylic acids is 1. The van der Waals surface area contributed by atoms with Gasteiger partial charge >= 0.3 is 11.9 Å². The Morgan fingerprint density at radius 2 is 1.57 bits per heavy atom. The van der Waals surface area contributed by atoms with Crippen molar-refractivity contribution >= 4 is 11.9 Å². The number of hydrogen-bond donors (Lipinski definition) is 2. The van der Waals surface area contributed by atoms with E-state index >= 15 is 0 Å². The quantitative estimate of drug-likeness (QED) is 0.478. The Morgan fingerprint density at radius 1 is 1.00 bits per heavy atom. The highest BCUT2D eigenvalue weighted by atomic mass is 16.5. The van der Waals surface area contributed by atoms with Crippen molar-refractivity contribution in [2.45, 2.75) is 52.4 Å². The fraction of sp³-hybridized carbons (Fsp3) is 0.625. The minimum absolute atomic E-state index is 0.0201. The summed E-state index contributed by atoms with van der Waals surface area (Å²) >= 11 is 0. The zero-order chi connectivity index (χ0) is 16.7. The Morgan fingerprint density at radius 3 is 2.00 bits per heavy atom. The molecule has 0 aromatic heterocycles. The van der Waals surface area contributed by atoms with Crippen molar-refractivity contribution in [2.24, 2.45) is 0 Å². The summed E-state index contributed by atoms with van der Waals surface area (Å²) in [5.41, 5.74) is 0.759. The number of carbonyl (C=O) groups excluding carboxylic acids is 1. The minimum Gasteiger partial charge on any atom is -0.478 e. The Hall–Kier alpha value is -1.62. The fourth-order valence-corrected chi connectivity index (χ4v) is 1.19. The molecule has 0 bridgehead atoms. The summed E-state index contributed by atoms with van der Waals surface area (Å²) in [7, 11) is 0. The second kappa shape index (κ2) is 14.8. The number of ether oxygens (including phenoxy) is 1. The van der Waals surface area contributed by atoms with Gasteiger partial charge in [0, 0.05) is 17.8 Å². The zero-order valence-corrected chi connectivity index (χ0v) is 13.2. The van der Waals surface area contributed by atoms with Gasteiger partial charge in [0.25, 0.3) is 0 Å². The van der Waals surface area contributed by atoms with Gasteiger partial charge in [0.2, 0.25) is 0 Å². The molecule has 0 unspecified atom stereocenters. The number of aliphatic hydroxyl groups is 1. The molecule has 0 aliphatic rings. The lowest BCUT2D eigenvalue weighted by Crippen LogP contribution is -2.07. The summed E-state index contributed by atoms with van der Waals surface area (Å²) in [6, 6.07) is 0. The Labute approximate surface area is 127 Å². The molecule has 0 aliphatic heterocycles. The summed E-state index contributed by atoms with van der Waals surface area (Å²) in [4.78, 5) is 21.1. The van der Waals surface area contributed by atoms with Crippen molar-refractivity contribution in [1.29, 1.82) is 0 Å². The first-order chi connectivity index (χ1) is 9.90. The van der Waals surface area contributed by atoms with E-state index in [9.17, 15) is 9.59 Å². The van der Waals surface area contributed by atoms with Gasteiger partial charge in [-0.2, -0.15) is 0 Å². The number of esters is 1. The van der Waals surface area contributed by atoms with Crippen LogP contribution in [-0.4, -0.2) is 35.4 Å². The summed E-state index contributed by atoms with van der Waals surface area (Å²) < 4.78 is 4.91. The van der Waals surface area contributed by atoms with Gasteiger partial charge in [-0.15, -0.1) is 0 Å². The standard InChI is InChI=1S/C10H18O2.C6H10O3/c1-4-6-7-9(3)10(11)12-8-5-2;1-5(6(8)9)3-2-4-7/h3-8H2,1-2H3;7H,1-4H2,(H,8,9). The molecule has 0 aliphatic carbocycles. The molecule has 0 heterocycles. The molecule has 0 aromatic carbocycles. The van der Waals surface area contributed by atoms with Gasteiger partial charge in [-0.25, -0.2) is 9.59 Å². The molecule has 5 heteroatoms. The van der Waals surface area contributed by atoms with Gasteiger partial charge < -0.3 is 14.9 Å². The lowest BCUT2D eigenvalue weighted by molar-refractivity contribution is -0.139. The first kappa shape index (κ1) is 21.7. The predicted molar refractivity (Wildman–Crippen MR) is 83.0 cm³/mol. The molecule has 2 N–H and O–H groups in total. The average Bonchev–Trinajstić information content (AvgIpc) is 2.48. The molecule has 0 aromatic rings. The van der Waals surface area contributed by atoms with Crippen LogP contribution < -0.4 is 0 Å². The Bertz CT molecular complexity index is 316. The van der Waals surface area contributed by atoms with Crippen LogP contribution in [0.5, 0.6) is 0 Å². The van der Waals surface area contributed by atoms with Crippen LogP contribution in [0.3, 0.4) is 0 Å². The molecule has 0 rings (SSSR count). The molecule has 0 amide bonds. The third kappa shape index (κ3) is 14.6. The van der Waals surface area contributed by atoms with E-state index in [2.05, 4.69) is 20.1 Å². The van der Waals surface area contributed by atoms with Gasteiger partial charge in [0.05, 0.1) is 6.61 Å². The molecular formula is C16H28O5. The first-order valence-corrected chi connectivity index (χ1v) is 7.27. The molecule has 0 fully saturated rings. The second-order valence-corrected chi connectivity index (χ2v) is 4.58. The van der Waals surface area contributed by atoms with Crippen molar-refractivity contribution in [3.8, 4) is 0 Å². The normalized spacial score (nSPS) is 9.29. The highest BCUT2D eigenvalue weighted by molar-refractivity contribution is 5.87. The smallest absolute Gasteiger partial charge is 0.333 e. The van der Waals surface area contributed by atoms with E-state index in [1.165, 1.54) is 0 Å². The number of unbranched alkanes of at least 4 members (excludes halogenated alkanes) is 1. The van der Waals surface area contributed by atoms with E-state index in [0.29, 0.717) is 25.0 Å². The van der Waals surface area contributed by atoms with Gasteiger partial charge in [-0.1, -0.05) is 33.4 Å². The van der Waals surface area contributed by atoms with Crippen LogP contribution in [0.25, 0.3) is 0 Å². The molecule has 21 heavy (non-hydrogen) atoms.